The van der Waals surface area contributed by atoms with Crippen LogP contribution in [-0.2, 0) is 0 Å². The highest BCUT2D eigenvalue weighted by molar-refractivity contribution is 5.45. The van der Waals surface area contributed by atoms with Crippen LogP contribution in [0.25, 0.3) is 6.08 Å². The Morgan fingerprint density at radius 3 is 2.00 bits per heavy atom. The van der Waals surface area contributed by atoms with Crippen molar-refractivity contribution >= 4 is 6.08 Å². The molecule has 0 aliphatic heterocycles. The lowest BCUT2D eigenvalue weighted by Crippen LogP contribution is -1.63. The molecule has 0 aromatic heterocycles. The number of rotatable bonds is 2. The fourth-order valence-corrected chi connectivity index (χ4v) is 0.707. The summed E-state index contributed by atoms with van der Waals surface area (Å²) < 4.78 is 0. The first-order chi connectivity index (χ1) is 6.85. The average molecular weight is 182 g/mol. The minimum atomic E-state index is 1.17. The molecule has 0 bridgehead atoms. The van der Waals surface area contributed by atoms with Crippen LogP contribution in [-0.4, -0.2) is 0 Å². The molecule has 0 aliphatic carbocycles. The lowest BCUT2D eigenvalue weighted by molar-refractivity contribution is 1.67. The van der Waals surface area contributed by atoms with E-state index in [9.17, 15) is 0 Å². The van der Waals surface area contributed by atoms with E-state index in [0.717, 1.165) is 0 Å². The smallest absolute Gasteiger partial charge is 0.0121 e. The monoisotopic (exact) mass is 182 g/mol. The highest BCUT2D eigenvalue weighted by Crippen LogP contribution is 1.97. The zero-order chi connectivity index (χ0) is 10.6. The molecule has 0 saturated heterocycles. The van der Waals surface area contributed by atoms with Gasteiger partial charge in [-0.2, -0.15) is 0 Å². The van der Waals surface area contributed by atoms with Crippen molar-refractivity contribution in [3.63, 3.8) is 0 Å². The first-order valence-electron chi connectivity index (χ1n) is 4.24. The Balaban J connectivity index is 0.000000255. The molecule has 0 radical (unpaired) electrons. The lowest BCUT2D eigenvalue weighted by Gasteiger charge is -1.85. The molecule has 0 unspecified atom stereocenters. The molecule has 1 aromatic carbocycles. The van der Waals surface area contributed by atoms with Crippen LogP contribution in [0.2, 0.25) is 0 Å². The van der Waals surface area contributed by atoms with Crippen LogP contribution in [0.5, 0.6) is 0 Å². The van der Waals surface area contributed by atoms with Crippen LogP contribution in [0.1, 0.15) is 5.56 Å². The van der Waals surface area contributed by atoms with Gasteiger partial charge in [-0.05, 0) is 18.2 Å². The van der Waals surface area contributed by atoms with Crippen molar-refractivity contribution < 1.29 is 0 Å². The standard InChI is InChI=1S/C8H8.C6H6/c1-2-8-6-4-3-5-7-8;1-3-5-6-4-2/h2-7H,1H2;3,5H,1-2H2. The molecule has 0 saturated carbocycles. The van der Waals surface area contributed by atoms with Crippen molar-refractivity contribution in [1.29, 1.82) is 0 Å². The summed E-state index contributed by atoms with van der Waals surface area (Å²) in [5, 5.41) is 0. The Kier molecular flexibility index (Phi) is 7.79. The molecule has 0 aliphatic rings. The zero-order valence-corrected chi connectivity index (χ0v) is 8.24. The molecular formula is C14H14. The molecule has 0 atom stereocenters. The second-order valence-corrected chi connectivity index (χ2v) is 2.34. The van der Waals surface area contributed by atoms with Crippen molar-refractivity contribution in [1.82, 2.24) is 0 Å². The van der Waals surface area contributed by atoms with Gasteiger partial charge in [-0.3, -0.25) is 0 Å². The van der Waals surface area contributed by atoms with Crippen molar-refractivity contribution in [2.75, 3.05) is 0 Å². The van der Waals surface area contributed by atoms with Gasteiger partial charge in [0.05, 0.1) is 0 Å². The van der Waals surface area contributed by atoms with Crippen molar-refractivity contribution in [3.05, 3.63) is 79.2 Å². The topological polar surface area (TPSA) is 0 Å². The fraction of sp³-hybridized carbons (Fsp3) is 0. The maximum absolute atomic E-state index is 3.63. The largest absolute Gasteiger partial charge is 0.0985 e. The van der Waals surface area contributed by atoms with Gasteiger partial charge in [0.15, 0.2) is 0 Å². The van der Waals surface area contributed by atoms with Crippen molar-refractivity contribution in [2.45, 2.75) is 0 Å². The zero-order valence-electron chi connectivity index (χ0n) is 8.24. The summed E-state index contributed by atoms with van der Waals surface area (Å²) in [6.07, 6.45) is 5.10. The third kappa shape index (κ3) is 6.69. The summed E-state index contributed by atoms with van der Waals surface area (Å²) in [4.78, 5) is 0. The SMILES string of the molecule is C=C=C=CC=C.C=Cc1ccccc1. The van der Waals surface area contributed by atoms with E-state index in [-0.39, 0.29) is 0 Å². The van der Waals surface area contributed by atoms with E-state index in [4.69, 9.17) is 0 Å². The van der Waals surface area contributed by atoms with Crippen molar-refractivity contribution in [3.8, 4) is 0 Å². The van der Waals surface area contributed by atoms with E-state index >= 15 is 0 Å². The van der Waals surface area contributed by atoms with Crippen LogP contribution in [0.3, 0.4) is 0 Å². The molecule has 1 rings (SSSR count). The minimum Gasteiger partial charge on any atom is -0.0985 e. The molecule has 70 valence electrons. The summed E-state index contributed by atoms with van der Waals surface area (Å²) in [6.45, 7) is 10.3. The van der Waals surface area contributed by atoms with Gasteiger partial charge in [0.1, 0.15) is 0 Å². The molecular weight excluding hydrogens is 168 g/mol. The Hall–Kier alpha value is -2.00. The molecule has 0 fully saturated rings. The molecule has 1 aromatic rings. The van der Waals surface area contributed by atoms with Gasteiger partial charge in [0.2, 0.25) is 0 Å². The van der Waals surface area contributed by atoms with Gasteiger partial charge in [-0.1, -0.05) is 67.1 Å². The van der Waals surface area contributed by atoms with Gasteiger partial charge < -0.3 is 0 Å². The van der Waals surface area contributed by atoms with E-state index in [1.165, 1.54) is 5.56 Å². The maximum atomic E-state index is 3.63. The Labute approximate surface area is 85.9 Å². The third-order valence-corrected chi connectivity index (χ3v) is 1.34. The maximum Gasteiger partial charge on any atom is -0.0121 e. The van der Waals surface area contributed by atoms with Crippen LogP contribution in [0, 0.1) is 0 Å². The first-order valence-corrected chi connectivity index (χ1v) is 4.24. The number of benzene rings is 1. The van der Waals surface area contributed by atoms with Crippen LogP contribution in [0.15, 0.2) is 73.7 Å². The summed E-state index contributed by atoms with van der Waals surface area (Å²) >= 11 is 0. The second-order valence-electron chi connectivity index (χ2n) is 2.34. The quantitative estimate of drug-likeness (QED) is 0.479. The highest BCUT2D eigenvalue weighted by Gasteiger charge is 1.75. The summed E-state index contributed by atoms with van der Waals surface area (Å²) in [6, 6.07) is 10.0. The molecule has 0 N–H and O–H groups in total. The predicted octanol–water partition coefficient (Wildman–Crippen LogP) is 4.00. The van der Waals surface area contributed by atoms with Gasteiger partial charge in [-0.25, -0.2) is 0 Å². The minimum absolute atomic E-state index is 1.17. The molecule has 0 heteroatoms. The third-order valence-electron chi connectivity index (χ3n) is 1.34. The molecule has 0 spiro atoms. The van der Waals surface area contributed by atoms with Crippen molar-refractivity contribution in [2.24, 2.45) is 0 Å². The second kappa shape index (κ2) is 9.09. The summed E-state index contributed by atoms with van der Waals surface area (Å²) in [5.41, 5.74) is 6.21. The lowest BCUT2D eigenvalue weighted by atomic mass is 10.2. The van der Waals surface area contributed by atoms with Gasteiger partial charge in [-0.15, -0.1) is 0 Å². The van der Waals surface area contributed by atoms with Crippen LogP contribution in [0.4, 0.5) is 0 Å². The highest BCUT2D eigenvalue weighted by atomic mass is 13.8. The number of hydrogen-bond donors (Lipinski definition) is 0. The van der Waals surface area contributed by atoms with E-state index < -0.39 is 0 Å². The molecule has 0 heterocycles. The first kappa shape index (κ1) is 12.0. The van der Waals surface area contributed by atoms with Gasteiger partial charge >= 0.3 is 0 Å². The number of hydrogen-bond acceptors (Lipinski definition) is 0. The molecule has 0 nitrogen and oxygen atoms in total. The fourth-order valence-electron chi connectivity index (χ4n) is 0.707. The van der Waals surface area contributed by atoms with Crippen LogP contribution >= 0.6 is 0 Å². The van der Waals surface area contributed by atoms with Gasteiger partial charge in [0.25, 0.3) is 0 Å². The molecule has 14 heavy (non-hydrogen) atoms. The van der Waals surface area contributed by atoms with E-state index in [2.05, 4.69) is 31.2 Å². The summed E-state index contributed by atoms with van der Waals surface area (Å²) in [7, 11) is 0. The average Bonchev–Trinajstić information content (AvgIpc) is 2.28. The van der Waals surface area contributed by atoms with Crippen LogP contribution < -0.4 is 0 Å². The van der Waals surface area contributed by atoms with E-state index in [1.54, 1.807) is 12.2 Å². The predicted molar refractivity (Wildman–Crippen MR) is 64.0 cm³/mol. The van der Waals surface area contributed by atoms with E-state index in [1.807, 2.05) is 36.4 Å². The summed E-state index contributed by atoms with van der Waals surface area (Å²) in [5.74, 6) is 0. The van der Waals surface area contributed by atoms with E-state index in [0.29, 0.717) is 0 Å². The normalized spacial score (nSPS) is 6.86. The van der Waals surface area contributed by atoms with Gasteiger partial charge in [0, 0.05) is 0 Å². The number of allylic oxidation sites excluding steroid dienone is 2. The Morgan fingerprint density at radius 2 is 1.71 bits per heavy atom. The Morgan fingerprint density at radius 1 is 1.07 bits per heavy atom. The Bertz CT molecular complexity index is 345. The molecule has 0 amide bonds.